The van der Waals surface area contributed by atoms with Gasteiger partial charge in [-0.05, 0) is 110 Å². The van der Waals surface area contributed by atoms with Crippen molar-refractivity contribution in [1.29, 1.82) is 0 Å². The van der Waals surface area contributed by atoms with Crippen molar-refractivity contribution in [2.24, 2.45) is 40.2 Å². The third-order valence-electron chi connectivity index (χ3n) is 9.43. The number of fused-ring (bicyclic) bond motifs is 5. The van der Waals surface area contributed by atoms with Crippen molar-refractivity contribution in [3.05, 3.63) is 11.6 Å². The van der Waals surface area contributed by atoms with Crippen LogP contribution in [0.4, 0.5) is 0 Å². The topological polar surface area (TPSA) is 49.1 Å². The summed E-state index contributed by atoms with van der Waals surface area (Å²) in [7, 11) is 0. The summed E-state index contributed by atoms with van der Waals surface area (Å²) in [6, 6.07) is 0. The molecule has 0 aromatic heterocycles. The Morgan fingerprint density at radius 3 is 2.69 bits per heavy atom. The summed E-state index contributed by atoms with van der Waals surface area (Å²) in [5.41, 5.74) is 8.30. The van der Waals surface area contributed by atoms with Gasteiger partial charge in [0.25, 0.3) is 0 Å². The fourth-order valence-corrected chi connectivity index (χ4v) is 8.99. The lowest BCUT2D eigenvalue weighted by atomic mass is 9.47. The number of rotatable bonds is 4. The number of hydrogen-bond acceptors (Lipinski definition) is 2. The Kier molecular flexibility index (Phi) is 5.29. The molecule has 26 heavy (non-hydrogen) atoms. The van der Waals surface area contributed by atoms with Gasteiger partial charge in [-0.25, -0.2) is 0 Å². The smallest absolute Gasteiger partial charge is 0.134 e. The zero-order valence-corrected chi connectivity index (χ0v) is 18.0. The molecule has 2 N–H and O–H groups in total. The van der Waals surface area contributed by atoms with Crippen LogP contribution in [0, 0.1) is 34.5 Å². The highest BCUT2D eigenvalue weighted by Gasteiger charge is 2.58. The summed E-state index contributed by atoms with van der Waals surface area (Å²) in [6.45, 7) is 8.35. The molecule has 0 saturated heterocycles. The molecule has 0 spiro atoms. The zero-order chi connectivity index (χ0) is 18.5. The van der Waals surface area contributed by atoms with E-state index in [1.807, 2.05) is 0 Å². The van der Waals surface area contributed by atoms with Gasteiger partial charge in [-0.15, -0.1) is 0 Å². The maximum absolute atomic E-state index is 12.7. The summed E-state index contributed by atoms with van der Waals surface area (Å²) < 4.78 is 12.7. The fraction of sp³-hybridized carbons (Fsp3) is 0.913. The summed E-state index contributed by atoms with van der Waals surface area (Å²) >= 11 is -0.722. The van der Waals surface area contributed by atoms with Crippen molar-refractivity contribution in [2.45, 2.75) is 83.8 Å². The van der Waals surface area contributed by atoms with Crippen LogP contribution >= 0.6 is 0 Å². The molecule has 0 aromatic carbocycles. The van der Waals surface area contributed by atoms with Gasteiger partial charge in [0.1, 0.15) is 11.0 Å². The van der Waals surface area contributed by atoms with Crippen LogP contribution < -0.4 is 5.73 Å². The fourth-order valence-electron chi connectivity index (χ4n) is 7.54. The normalized spacial score (nSPS) is 49.0. The van der Waals surface area contributed by atoms with Crippen LogP contribution in [-0.2, 0) is 11.2 Å². The summed E-state index contributed by atoms with van der Waals surface area (Å²) in [6.07, 6.45) is 14.2. The molecule has 0 radical (unpaired) electrons. The predicted octanol–water partition coefficient (Wildman–Crippen LogP) is 5.05. The van der Waals surface area contributed by atoms with E-state index in [1.165, 1.54) is 44.9 Å². The van der Waals surface area contributed by atoms with Gasteiger partial charge in [0, 0.05) is 6.42 Å². The van der Waals surface area contributed by atoms with Gasteiger partial charge in [0.2, 0.25) is 0 Å². The van der Waals surface area contributed by atoms with Crippen molar-refractivity contribution in [1.82, 2.24) is 0 Å². The molecule has 0 bridgehead atoms. The summed E-state index contributed by atoms with van der Waals surface area (Å²) in [5.74, 6) is 4.49. The van der Waals surface area contributed by atoms with Crippen molar-refractivity contribution in [3.8, 4) is 0 Å². The molecule has 3 heteroatoms. The average Bonchev–Trinajstić information content (AvgIpc) is 2.94. The van der Waals surface area contributed by atoms with E-state index in [0.29, 0.717) is 22.6 Å². The predicted molar refractivity (Wildman–Crippen MR) is 111 cm³/mol. The first kappa shape index (κ1) is 19.3. The van der Waals surface area contributed by atoms with Crippen molar-refractivity contribution >= 4 is 11.2 Å². The Morgan fingerprint density at radius 2 is 1.92 bits per heavy atom. The average molecular weight is 378 g/mol. The summed E-state index contributed by atoms with van der Waals surface area (Å²) in [4.78, 5) is 0. The van der Waals surface area contributed by atoms with E-state index in [9.17, 15) is 4.55 Å². The molecule has 3 saturated carbocycles. The quantitative estimate of drug-likeness (QED) is 0.550. The largest absolute Gasteiger partial charge is 0.616 e. The Balaban J connectivity index is 1.54. The van der Waals surface area contributed by atoms with E-state index in [0.717, 1.165) is 42.3 Å². The maximum atomic E-state index is 12.7. The lowest BCUT2D eigenvalue weighted by Gasteiger charge is -2.58. The Labute approximate surface area is 163 Å². The minimum absolute atomic E-state index is 0.293. The second kappa shape index (κ2) is 7.12. The monoisotopic (exact) mass is 377 g/mol. The molecule has 4 unspecified atom stereocenters. The van der Waals surface area contributed by atoms with Gasteiger partial charge in [-0.1, -0.05) is 26.3 Å². The first-order chi connectivity index (χ1) is 12.4. The maximum Gasteiger partial charge on any atom is 0.134 e. The molecule has 4 rings (SSSR count). The van der Waals surface area contributed by atoms with Crippen LogP contribution in [0.5, 0.6) is 0 Å². The first-order valence-electron chi connectivity index (χ1n) is 11.2. The van der Waals surface area contributed by atoms with E-state index < -0.39 is 11.2 Å². The van der Waals surface area contributed by atoms with Gasteiger partial charge in [-0.2, -0.15) is 0 Å². The van der Waals surface area contributed by atoms with E-state index in [-0.39, 0.29) is 0 Å². The Hall–Kier alpha value is 0.01000. The number of nitrogens with two attached hydrogens (primary N) is 1. The van der Waals surface area contributed by atoms with Gasteiger partial charge in [0.15, 0.2) is 0 Å². The van der Waals surface area contributed by atoms with Crippen molar-refractivity contribution in [2.75, 3.05) is 12.3 Å². The molecule has 148 valence electrons. The van der Waals surface area contributed by atoms with E-state index in [1.54, 1.807) is 5.57 Å². The standard InChI is InChI=1S/C23H39NOS/c1-16-5-8-20-19-7-6-17-15-18(26(25)14-4-13-24)9-11-23(17,3)21(19)10-12-22(16,20)2/h15-16,18-21H,4-14,24H2,1-3H3/t16-,18+,19?,20?,21?,22+,23-,26?/m0/s1. The van der Waals surface area contributed by atoms with Gasteiger partial charge in [0.05, 0.1) is 0 Å². The van der Waals surface area contributed by atoms with Crippen LogP contribution in [0.15, 0.2) is 11.6 Å². The van der Waals surface area contributed by atoms with Crippen LogP contribution in [0.1, 0.15) is 78.6 Å². The van der Waals surface area contributed by atoms with Crippen LogP contribution in [0.25, 0.3) is 0 Å². The van der Waals surface area contributed by atoms with Gasteiger partial charge >= 0.3 is 0 Å². The minimum atomic E-state index is -0.722. The molecule has 8 atom stereocenters. The highest BCUT2D eigenvalue weighted by molar-refractivity contribution is 7.92. The minimum Gasteiger partial charge on any atom is -0.616 e. The van der Waals surface area contributed by atoms with Crippen molar-refractivity contribution < 1.29 is 4.55 Å². The van der Waals surface area contributed by atoms with E-state index in [2.05, 4.69) is 26.8 Å². The van der Waals surface area contributed by atoms with Gasteiger partial charge < -0.3 is 10.3 Å². The van der Waals surface area contributed by atoms with E-state index >= 15 is 0 Å². The van der Waals surface area contributed by atoms with E-state index in [4.69, 9.17) is 5.73 Å². The molecule has 4 aliphatic carbocycles. The third kappa shape index (κ3) is 2.92. The molecule has 0 aromatic rings. The van der Waals surface area contributed by atoms with Gasteiger partial charge in [-0.3, -0.25) is 0 Å². The third-order valence-corrected chi connectivity index (χ3v) is 11.2. The summed E-state index contributed by atoms with van der Waals surface area (Å²) in [5, 5.41) is 0.293. The molecular weight excluding hydrogens is 338 g/mol. The molecule has 4 aliphatic rings. The molecular formula is C23H39NOS. The second-order valence-electron chi connectivity index (χ2n) is 10.4. The molecule has 0 heterocycles. The van der Waals surface area contributed by atoms with Crippen LogP contribution in [0.2, 0.25) is 0 Å². The molecule has 0 aliphatic heterocycles. The number of allylic oxidation sites excluding steroid dienone is 1. The molecule has 2 nitrogen and oxygen atoms in total. The molecule has 3 fully saturated rings. The molecule has 0 amide bonds. The second-order valence-corrected chi connectivity index (χ2v) is 12.1. The first-order valence-corrected chi connectivity index (χ1v) is 12.6. The van der Waals surface area contributed by atoms with Crippen LogP contribution in [-0.4, -0.2) is 22.1 Å². The lowest BCUT2D eigenvalue weighted by molar-refractivity contribution is -0.0485. The highest BCUT2D eigenvalue weighted by atomic mass is 32.2. The lowest BCUT2D eigenvalue weighted by Crippen LogP contribution is -2.50. The van der Waals surface area contributed by atoms with Crippen LogP contribution in [0.3, 0.4) is 0 Å². The van der Waals surface area contributed by atoms with Crippen molar-refractivity contribution in [3.63, 3.8) is 0 Å². The number of hydrogen-bond donors (Lipinski definition) is 1. The Morgan fingerprint density at radius 1 is 1.12 bits per heavy atom. The zero-order valence-electron chi connectivity index (χ0n) is 17.1. The Bertz CT molecular complexity index is 562. The highest BCUT2D eigenvalue weighted by Crippen LogP contribution is 2.66. The SMILES string of the molecule is C[C@H]1CCC2C3CCC4=C[C@H]([S+]([O-])CCCN)CC[C@]4(C)C3CC[C@@]21C.